The fourth-order valence-corrected chi connectivity index (χ4v) is 5.46. The van der Waals surface area contributed by atoms with Crippen molar-refractivity contribution < 1.29 is 0 Å². The van der Waals surface area contributed by atoms with E-state index in [0.29, 0.717) is 12.1 Å². The van der Waals surface area contributed by atoms with Crippen LogP contribution in [0.4, 0.5) is 0 Å². The summed E-state index contributed by atoms with van der Waals surface area (Å²) in [6, 6.07) is 0. The predicted molar refractivity (Wildman–Crippen MR) is 149 cm³/mol. The molecule has 1 unspecified atom stereocenters. The second kappa shape index (κ2) is 21.8. The summed E-state index contributed by atoms with van der Waals surface area (Å²) in [5.74, 6) is 0.691. The lowest BCUT2D eigenvalue weighted by molar-refractivity contribution is 0.104. The Morgan fingerprint density at radius 3 is 1.00 bits per heavy atom. The van der Waals surface area contributed by atoms with Gasteiger partial charge in [-0.05, 0) is 18.8 Å². The summed E-state index contributed by atoms with van der Waals surface area (Å²) in [5, 5.41) is 0. The van der Waals surface area contributed by atoms with Crippen LogP contribution in [0.2, 0.25) is 0 Å². The van der Waals surface area contributed by atoms with Crippen LogP contribution in [0.15, 0.2) is 12.4 Å². The lowest BCUT2D eigenvalue weighted by atomic mass is 10.0. The Morgan fingerprint density at radius 2 is 0.727 bits per heavy atom. The van der Waals surface area contributed by atoms with Gasteiger partial charge in [0.1, 0.15) is 6.17 Å². The highest BCUT2D eigenvalue weighted by molar-refractivity contribution is 4.98. The van der Waals surface area contributed by atoms with Crippen LogP contribution in [0.3, 0.4) is 0 Å². The molecule has 0 aromatic carbocycles. The predicted octanol–water partition coefficient (Wildman–Crippen LogP) is 10.3. The Bertz CT molecular complexity index is 431. The zero-order valence-electron chi connectivity index (χ0n) is 23.5. The lowest BCUT2D eigenvalue weighted by Crippen LogP contribution is -2.43. The van der Waals surface area contributed by atoms with E-state index in [1.54, 1.807) is 0 Å². The van der Waals surface area contributed by atoms with Gasteiger partial charge in [-0.25, -0.2) is 0 Å². The topological polar surface area (TPSA) is 6.48 Å². The summed E-state index contributed by atoms with van der Waals surface area (Å²) in [4.78, 5) is 5.26. The van der Waals surface area contributed by atoms with Gasteiger partial charge in [-0.3, -0.25) is 0 Å². The molecule has 0 saturated carbocycles. The molecule has 1 heterocycles. The zero-order chi connectivity index (χ0) is 24.0. The quantitative estimate of drug-likeness (QED) is 0.132. The van der Waals surface area contributed by atoms with Crippen molar-refractivity contribution in [3.05, 3.63) is 12.4 Å². The van der Waals surface area contributed by atoms with Crippen LogP contribution in [-0.2, 0) is 0 Å². The molecule has 0 spiro atoms. The van der Waals surface area contributed by atoms with Gasteiger partial charge in [-0.1, -0.05) is 150 Å². The molecular formula is C31H62N2. The Morgan fingerprint density at radius 1 is 0.455 bits per heavy atom. The highest BCUT2D eigenvalue weighted by Gasteiger charge is 2.28. The third-order valence-corrected chi connectivity index (χ3v) is 7.52. The molecule has 196 valence electrons. The molecule has 0 bridgehead atoms. The summed E-state index contributed by atoms with van der Waals surface area (Å²) >= 11 is 0. The van der Waals surface area contributed by atoms with Gasteiger partial charge < -0.3 is 9.80 Å². The minimum atomic E-state index is 0.590. The van der Waals surface area contributed by atoms with Crippen LogP contribution >= 0.6 is 0 Å². The molecular weight excluding hydrogens is 400 g/mol. The Hall–Kier alpha value is -0.660. The second-order valence-corrected chi connectivity index (χ2v) is 11.1. The van der Waals surface area contributed by atoms with Gasteiger partial charge in [0.05, 0.1) is 0 Å². The van der Waals surface area contributed by atoms with Crippen LogP contribution < -0.4 is 0 Å². The van der Waals surface area contributed by atoms with Gasteiger partial charge >= 0.3 is 0 Å². The van der Waals surface area contributed by atoms with E-state index in [1.807, 2.05) is 0 Å². The first-order valence-corrected chi connectivity index (χ1v) is 15.4. The molecule has 33 heavy (non-hydrogen) atoms. The van der Waals surface area contributed by atoms with Crippen LogP contribution in [0.5, 0.6) is 0 Å². The van der Waals surface area contributed by atoms with E-state index < -0.39 is 0 Å². The molecule has 1 atom stereocenters. The minimum absolute atomic E-state index is 0.590. The van der Waals surface area contributed by atoms with E-state index in [4.69, 9.17) is 0 Å². The van der Waals surface area contributed by atoms with E-state index in [-0.39, 0.29) is 0 Å². The zero-order valence-corrected chi connectivity index (χ0v) is 23.5. The molecule has 0 N–H and O–H groups in total. The molecule has 0 aromatic heterocycles. The van der Waals surface area contributed by atoms with Crippen molar-refractivity contribution >= 4 is 0 Å². The molecule has 0 fully saturated rings. The van der Waals surface area contributed by atoms with Crippen molar-refractivity contribution in [2.24, 2.45) is 5.92 Å². The monoisotopic (exact) mass is 462 g/mol. The maximum Gasteiger partial charge on any atom is 0.103 e. The van der Waals surface area contributed by atoms with Crippen molar-refractivity contribution in [3.8, 4) is 0 Å². The molecule has 1 aliphatic heterocycles. The van der Waals surface area contributed by atoms with Crippen molar-refractivity contribution in [1.29, 1.82) is 0 Å². The molecule has 1 rings (SSSR count). The van der Waals surface area contributed by atoms with Crippen LogP contribution in [0, 0.1) is 5.92 Å². The average Bonchev–Trinajstić information content (AvgIpc) is 3.21. The maximum absolute atomic E-state index is 2.63. The highest BCUT2D eigenvalue weighted by atomic mass is 15.4. The van der Waals surface area contributed by atoms with Gasteiger partial charge in [0, 0.05) is 25.5 Å². The Labute approximate surface area is 210 Å². The summed E-state index contributed by atoms with van der Waals surface area (Å²) in [7, 11) is 0. The fraction of sp³-hybridized carbons (Fsp3) is 0.935. The van der Waals surface area contributed by atoms with Gasteiger partial charge in [0.15, 0.2) is 0 Å². The summed E-state index contributed by atoms with van der Waals surface area (Å²) < 4.78 is 0. The van der Waals surface area contributed by atoms with Crippen LogP contribution in [0.25, 0.3) is 0 Å². The lowest BCUT2D eigenvalue weighted by Gasteiger charge is -2.36. The molecule has 2 nitrogen and oxygen atoms in total. The molecule has 1 aliphatic rings. The van der Waals surface area contributed by atoms with Crippen molar-refractivity contribution in [1.82, 2.24) is 9.80 Å². The van der Waals surface area contributed by atoms with E-state index in [0.717, 1.165) is 0 Å². The molecule has 0 radical (unpaired) electrons. The number of nitrogens with zero attached hydrogens (tertiary/aromatic N) is 2. The van der Waals surface area contributed by atoms with Crippen molar-refractivity contribution in [3.63, 3.8) is 0 Å². The van der Waals surface area contributed by atoms with Gasteiger partial charge in [-0.15, -0.1) is 0 Å². The van der Waals surface area contributed by atoms with Crippen molar-refractivity contribution in [2.45, 2.75) is 169 Å². The number of rotatable bonds is 24. The molecule has 2 heteroatoms. The van der Waals surface area contributed by atoms with Gasteiger partial charge in [-0.2, -0.15) is 0 Å². The van der Waals surface area contributed by atoms with E-state index >= 15 is 0 Å². The van der Waals surface area contributed by atoms with E-state index in [9.17, 15) is 0 Å². The highest BCUT2D eigenvalue weighted by Crippen LogP contribution is 2.24. The molecule has 0 saturated heterocycles. The molecule has 0 aromatic rings. The summed E-state index contributed by atoms with van der Waals surface area (Å²) in [6.45, 7) is 11.9. The van der Waals surface area contributed by atoms with Gasteiger partial charge in [0.25, 0.3) is 0 Å². The third-order valence-electron chi connectivity index (χ3n) is 7.52. The largest absolute Gasteiger partial charge is 0.356 e. The fourth-order valence-electron chi connectivity index (χ4n) is 5.46. The number of hydrogen-bond acceptors (Lipinski definition) is 2. The smallest absolute Gasteiger partial charge is 0.103 e. The van der Waals surface area contributed by atoms with Crippen LogP contribution in [0.1, 0.15) is 163 Å². The SMILES string of the molecule is CCCCCCCCCCCCCCCN1C=CN(CCCCCCCCCC)C1C(C)C. The number of hydrogen-bond donors (Lipinski definition) is 0. The van der Waals surface area contributed by atoms with Crippen molar-refractivity contribution in [2.75, 3.05) is 13.1 Å². The normalized spacial score (nSPS) is 16.0. The first kappa shape index (κ1) is 30.4. The standard InChI is InChI=1S/C31H62N2/c1-5-7-9-11-13-15-16-17-18-19-21-23-25-27-33-29-28-32(31(33)30(3)4)26-24-22-20-14-12-10-8-6-2/h28-31H,5-27H2,1-4H3. The first-order chi connectivity index (χ1) is 16.2. The summed E-state index contributed by atoms with van der Waals surface area (Å²) in [5.41, 5.74) is 0. The summed E-state index contributed by atoms with van der Waals surface area (Å²) in [6.07, 6.45) is 35.3. The van der Waals surface area contributed by atoms with Gasteiger partial charge in [0.2, 0.25) is 0 Å². The Balaban J connectivity index is 2.02. The van der Waals surface area contributed by atoms with E-state index in [2.05, 4.69) is 49.9 Å². The molecule has 0 amide bonds. The third kappa shape index (κ3) is 15.8. The Kier molecular flexibility index (Phi) is 20.1. The number of unbranched alkanes of at least 4 members (excludes halogenated alkanes) is 19. The average molecular weight is 463 g/mol. The molecule has 0 aliphatic carbocycles. The second-order valence-electron chi connectivity index (χ2n) is 11.1. The first-order valence-electron chi connectivity index (χ1n) is 15.4. The minimum Gasteiger partial charge on any atom is -0.356 e. The maximum atomic E-state index is 2.63. The van der Waals surface area contributed by atoms with E-state index in [1.165, 1.54) is 148 Å². The van der Waals surface area contributed by atoms with Crippen LogP contribution in [-0.4, -0.2) is 29.1 Å².